The number of hydrogen-bond acceptors (Lipinski definition) is 6. The molecule has 132 valence electrons. The van der Waals surface area contributed by atoms with Crippen LogP contribution < -0.4 is 20.1 Å². The summed E-state index contributed by atoms with van der Waals surface area (Å²) in [4.78, 5) is 27.7. The lowest BCUT2D eigenvalue weighted by Crippen LogP contribution is -2.18. The van der Waals surface area contributed by atoms with Crippen molar-refractivity contribution in [1.29, 1.82) is 0 Å². The number of aromatic nitrogens is 1. The molecule has 1 aromatic heterocycles. The maximum atomic E-state index is 12.0. The van der Waals surface area contributed by atoms with Crippen LogP contribution in [0.3, 0.4) is 0 Å². The summed E-state index contributed by atoms with van der Waals surface area (Å²) in [6.07, 6.45) is 1.60. The number of rotatable bonds is 8. The number of nitrogens with one attached hydrogen (secondary N) is 2. The highest BCUT2D eigenvalue weighted by molar-refractivity contribution is 8.00. The highest BCUT2D eigenvalue weighted by atomic mass is 32.2. The summed E-state index contributed by atoms with van der Waals surface area (Å²) in [6, 6.07) is 10.4. The maximum absolute atomic E-state index is 12.0. The van der Waals surface area contributed by atoms with E-state index in [0.717, 1.165) is 0 Å². The zero-order valence-corrected chi connectivity index (χ0v) is 14.8. The summed E-state index contributed by atoms with van der Waals surface area (Å²) in [5.74, 6) is 1.51. The first-order chi connectivity index (χ1) is 12.1. The Morgan fingerprint density at radius 2 is 1.72 bits per heavy atom. The highest BCUT2D eigenvalue weighted by Gasteiger charge is 2.09. The molecule has 0 unspecified atom stereocenters. The summed E-state index contributed by atoms with van der Waals surface area (Å²) >= 11 is 1.22. The number of hydrogen-bond donors (Lipinski definition) is 2. The summed E-state index contributed by atoms with van der Waals surface area (Å²) < 4.78 is 10.3. The third kappa shape index (κ3) is 6.00. The quantitative estimate of drug-likeness (QED) is 0.750. The monoisotopic (exact) mass is 361 g/mol. The topological polar surface area (TPSA) is 89.5 Å². The molecule has 0 saturated heterocycles. The van der Waals surface area contributed by atoms with Crippen molar-refractivity contribution in [1.82, 2.24) is 4.98 Å². The minimum absolute atomic E-state index is 0.157. The Morgan fingerprint density at radius 1 is 1.00 bits per heavy atom. The molecule has 2 N–H and O–H groups in total. The number of carbonyl (C=O) groups excluding carboxylic acids is 2. The van der Waals surface area contributed by atoms with Crippen molar-refractivity contribution in [3.63, 3.8) is 0 Å². The van der Waals surface area contributed by atoms with E-state index < -0.39 is 0 Å². The van der Waals surface area contributed by atoms with Gasteiger partial charge >= 0.3 is 0 Å². The van der Waals surface area contributed by atoms with Gasteiger partial charge in [-0.25, -0.2) is 4.98 Å². The van der Waals surface area contributed by atoms with Gasteiger partial charge in [0.25, 0.3) is 0 Å². The second-order valence-corrected chi connectivity index (χ2v) is 5.86. The summed E-state index contributed by atoms with van der Waals surface area (Å²) in [5.41, 5.74) is 0.598. The van der Waals surface area contributed by atoms with Gasteiger partial charge in [-0.05, 0) is 24.3 Å². The van der Waals surface area contributed by atoms with E-state index in [0.29, 0.717) is 23.0 Å². The van der Waals surface area contributed by atoms with E-state index in [1.165, 1.54) is 18.9 Å². The van der Waals surface area contributed by atoms with Gasteiger partial charge in [0.05, 0.1) is 25.7 Å². The number of nitrogens with zero attached hydrogens (tertiary/aromatic N) is 1. The van der Waals surface area contributed by atoms with Crippen LogP contribution in [0.2, 0.25) is 0 Å². The Bertz CT molecular complexity index is 725. The Hall–Kier alpha value is -2.74. The van der Waals surface area contributed by atoms with Gasteiger partial charge in [-0.1, -0.05) is 6.07 Å². The molecule has 2 aromatic rings. The van der Waals surface area contributed by atoms with Crippen molar-refractivity contribution < 1.29 is 19.1 Å². The average Bonchev–Trinajstić information content (AvgIpc) is 2.62. The largest absolute Gasteiger partial charge is 0.493 e. The minimum Gasteiger partial charge on any atom is -0.493 e. The normalized spacial score (nSPS) is 10.0. The van der Waals surface area contributed by atoms with E-state index >= 15 is 0 Å². The van der Waals surface area contributed by atoms with E-state index in [1.807, 2.05) is 0 Å². The molecular formula is C17H19N3O4S. The van der Waals surface area contributed by atoms with Crippen molar-refractivity contribution in [2.75, 3.05) is 36.4 Å². The number of thioether (sulfide) groups is 1. The van der Waals surface area contributed by atoms with Crippen LogP contribution >= 0.6 is 11.8 Å². The van der Waals surface area contributed by atoms with Gasteiger partial charge in [-0.3, -0.25) is 9.59 Å². The maximum Gasteiger partial charge on any atom is 0.235 e. The highest BCUT2D eigenvalue weighted by Crippen LogP contribution is 2.29. The molecule has 0 radical (unpaired) electrons. The molecule has 1 heterocycles. The predicted molar refractivity (Wildman–Crippen MR) is 98.4 cm³/mol. The van der Waals surface area contributed by atoms with E-state index in [-0.39, 0.29) is 23.3 Å². The molecule has 8 heteroatoms. The van der Waals surface area contributed by atoms with Gasteiger partial charge < -0.3 is 20.1 Å². The lowest BCUT2D eigenvalue weighted by Gasteiger charge is -2.10. The van der Waals surface area contributed by atoms with Crippen LogP contribution in [0.5, 0.6) is 11.5 Å². The summed E-state index contributed by atoms with van der Waals surface area (Å²) in [5, 5.41) is 5.41. The van der Waals surface area contributed by atoms with Crippen LogP contribution in [0.15, 0.2) is 42.6 Å². The molecule has 2 amide bonds. The number of benzene rings is 1. The average molecular weight is 361 g/mol. The molecule has 0 aliphatic rings. The lowest BCUT2D eigenvalue weighted by atomic mass is 10.2. The van der Waals surface area contributed by atoms with Crippen molar-refractivity contribution in [3.05, 3.63) is 42.6 Å². The third-order valence-electron chi connectivity index (χ3n) is 3.07. The van der Waals surface area contributed by atoms with Crippen LogP contribution in [-0.2, 0) is 9.59 Å². The van der Waals surface area contributed by atoms with E-state index in [2.05, 4.69) is 15.6 Å². The molecular weight excluding hydrogens is 342 g/mol. The molecule has 0 aliphatic carbocycles. The van der Waals surface area contributed by atoms with Crippen LogP contribution in [-0.4, -0.2) is 42.5 Å². The molecule has 2 rings (SSSR count). The fourth-order valence-electron chi connectivity index (χ4n) is 1.96. The SMILES string of the molecule is COc1ccc(NC(=O)CSCC(=O)Nc2ccccn2)cc1OC. The van der Waals surface area contributed by atoms with Gasteiger partial charge in [-0.2, -0.15) is 0 Å². The molecule has 0 saturated carbocycles. The molecule has 25 heavy (non-hydrogen) atoms. The molecule has 0 fully saturated rings. The predicted octanol–water partition coefficient (Wildman–Crippen LogP) is 2.41. The van der Waals surface area contributed by atoms with Gasteiger partial charge in [0, 0.05) is 18.0 Å². The second-order valence-electron chi connectivity index (χ2n) is 4.87. The molecule has 7 nitrogen and oxygen atoms in total. The Labute approximate surface area is 150 Å². The van der Waals surface area contributed by atoms with Crippen LogP contribution in [0.4, 0.5) is 11.5 Å². The van der Waals surface area contributed by atoms with Gasteiger partial charge in [0.1, 0.15) is 5.82 Å². The molecule has 0 aliphatic heterocycles. The van der Waals surface area contributed by atoms with E-state index in [1.54, 1.807) is 49.7 Å². The number of amides is 2. The molecule has 0 atom stereocenters. The van der Waals surface area contributed by atoms with Gasteiger partial charge in [0.15, 0.2) is 11.5 Å². The standard InChI is InChI=1S/C17H19N3O4S/c1-23-13-7-6-12(9-14(13)24-2)19-16(21)10-25-11-17(22)20-15-5-3-4-8-18-15/h3-9H,10-11H2,1-2H3,(H,19,21)(H,18,20,22). The number of anilines is 2. The Morgan fingerprint density at radius 3 is 2.36 bits per heavy atom. The zero-order chi connectivity index (χ0) is 18.1. The number of ether oxygens (including phenoxy) is 2. The lowest BCUT2D eigenvalue weighted by molar-refractivity contribution is -0.114. The first kappa shape index (κ1) is 18.6. The van der Waals surface area contributed by atoms with Gasteiger partial charge in [-0.15, -0.1) is 11.8 Å². The molecule has 0 spiro atoms. The Balaban J connectivity index is 1.76. The number of pyridine rings is 1. The zero-order valence-electron chi connectivity index (χ0n) is 13.9. The van der Waals surface area contributed by atoms with Crippen molar-refractivity contribution >= 4 is 35.1 Å². The Kier molecular flexibility index (Phi) is 7.09. The minimum atomic E-state index is -0.206. The van der Waals surface area contributed by atoms with Crippen LogP contribution in [0.1, 0.15) is 0 Å². The number of carbonyl (C=O) groups is 2. The first-order valence-electron chi connectivity index (χ1n) is 7.43. The first-order valence-corrected chi connectivity index (χ1v) is 8.58. The van der Waals surface area contributed by atoms with Crippen molar-refractivity contribution in [2.45, 2.75) is 0 Å². The fourth-order valence-corrected chi connectivity index (χ4v) is 2.58. The van der Waals surface area contributed by atoms with Gasteiger partial charge in [0.2, 0.25) is 11.8 Å². The fraction of sp³-hybridized carbons (Fsp3) is 0.235. The van der Waals surface area contributed by atoms with Crippen molar-refractivity contribution in [2.24, 2.45) is 0 Å². The second kappa shape index (κ2) is 9.53. The summed E-state index contributed by atoms with van der Waals surface area (Å²) in [7, 11) is 3.07. The van der Waals surface area contributed by atoms with E-state index in [9.17, 15) is 9.59 Å². The number of methoxy groups -OCH3 is 2. The van der Waals surface area contributed by atoms with Crippen LogP contribution in [0, 0.1) is 0 Å². The van der Waals surface area contributed by atoms with Crippen LogP contribution in [0.25, 0.3) is 0 Å². The molecule has 1 aromatic carbocycles. The smallest absolute Gasteiger partial charge is 0.235 e. The summed E-state index contributed by atoms with van der Waals surface area (Å²) in [6.45, 7) is 0. The molecule has 0 bridgehead atoms. The van der Waals surface area contributed by atoms with Crippen molar-refractivity contribution in [3.8, 4) is 11.5 Å². The third-order valence-corrected chi connectivity index (χ3v) is 4.00. The van der Waals surface area contributed by atoms with E-state index in [4.69, 9.17) is 9.47 Å².